The smallest absolute Gasteiger partial charge is 0.269 e. The van der Waals surface area contributed by atoms with E-state index in [1.165, 1.54) is 28.9 Å². The molecule has 0 aliphatic carbocycles. The average Bonchev–Trinajstić information content (AvgIpc) is 3.35. The zero-order valence-corrected chi connectivity index (χ0v) is 16.7. The number of hydrazone groups is 1. The summed E-state index contributed by atoms with van der Waals surface area (Å²) in [7, 11) is 0. The minimum absolute atomic E-state index is 0.0316. The fourth-order valence-corrected chi connectivity index (χ4v) is 3.45. The van der Waals surface area contributed by atoms with Crippen molar-refractivity contribution in [3.05, 3.63) is 56.8 Å². The van der Waals surface area contributed by atoms with Crippen molar-refractivity contribution in [2.24, 2.45) is 5.10 Å². The van der Waals surface area contributed by atoms with Gasteiger partial charge in [0.15, 0.2) is 0 Å². The highest BCUT2D eigenvalue weighted by molar-refractivity contribution is 7.99. The number of hydrogen-bond acceptors (Lipinski definition) is 10. The van der Waals surface area contributed by atoms with Gasteiger partial charge >= 0.3 is 0 Å². The molecule has 2 aromatic heterocycles. The fourth-order valence-electron chi connectivity index (χ4n) is 2.12. The lowest BCUT2D eigenvalue weighted by Gasteiger charge is -2.05. The summed E-state index contributed by atoms with van der Waals surface area (Å²) >= 11 is 2.66. The lowest BCUT2D eigenvalue weighted by Crippen LogP contribution is -2.17. The topological polar surface area (TPSA) is 153 Å². The summed E-state index contributed by atoms with van der Waals surface area (Å²) < 4.78 is 1.20. The number of nitrogens with zero attached hydrogens (tertiary/aromatic N) is 5. The molecular formula is C16H16N8O3S2. The first-order chi connectivity index (χ1) is 13.9. The van der Waals surface area contributed by atoms with Crippen LogP contribution in [0.1, 0.15) is 11.8 Å². The van der Waals surface area contributed by atoms with Crippen LogP contribution < -0.4 is 16.6 Å². The SMILES string of the molecule is C/C(=N\Nc1nnc(SCC(=O)Nc2ccc([N+](=O)[O-])cc2)n1N)c1cccs1. The number of aromatic nitrogens is 3. The van der Waals surface area contributed by atoms with Gasteiger partial charge in [0.1, 0.15) is 0 Å². The van der Waals surface area contributed by atoms with Gasteiger partial charge in [-0.15, -0.1) is 21.5 Å². The van der Waals surface area contributed by atoms with E-state index in [-0.39, 0.29) is 23.3 Å². The molecule has 3 aromatic rings. The van der Waals surface area contributed by atoms with Crippen LogP contribution in [0.15, 0.2) is 52.0 Å². The van der Waals surface area contributed by atoms with Gasteiger partial charge in [0.25, 0.3) is 11.6 Å². The molecule has 1 aromatic carbocycles. The number of non-ortho nitro benzene ring substituents is 1. The van der Waals surface area contributed by atoms with Gasteiger partial charge in [0.2, 0.25) is 11.1 Å². The van der Waals surface area contributed by atoms with Crippen molar-refractivity contribution in [1.29, 1.82) is 0 Å². The Kier molecular flexibility index (Phi) is 6.41. The number of nitrogen functional groups attached to an aromatic ring is 1. The third kappa shape index (κ3) is 5.30. The Hall–Kier alpha value is -3.45. The van der Waals surface area contributed by atoms with Crippen molar-refractivity contribution in [2.75, 3.05) is 22.3 Å². The molecule has 0 unspecified atom stereocenters. The molecule has 29 heavy (non-hydrogen) atoms. The van der Waals surface area contributed by atoms with Crippen molar-refractivity contribution in [3.8, 4) is 0 Å². The zero-order valence-electron chi connectivity index (χ0n) is 15.1. The summed E-state index contributed by atoms with van der Waals surface area (Å²) in [5.74, 6) is 5.89. The number of thiophene rings is 1. The van der Waals surface area contributed by atoms with Gasteiger partial charge < -0.3 is 11.2 Å². The molecule has 0 saturated carbocycles. The molecule has 0 spiro atoms. The molecule has 0 aliphatic rings. The number of rotatable bonds is 8. The molecule has 0 atom stereocenters. The Bertz CT molecular complexity index is 1030. The molecular weight excluding hydrogens is 416 g/mol. The molecule has 0 aliphatic heterocycles. The Labute approximate surface area is 173 Å². The maximum Gasteiger partial charge on any atom is 0.269 e. The van der Waals surface area contributed by atoms with Crippen molar-refractivity contribution in [2.45, 2.75) is 12.1 Å². The number of anilines is 2. The monoisotopic (exact) mass is 432 g/mol. The highest BCUT2D eigenvalue weighted by Gasteiger charge is 2.13. The summed E-state index contributed by atoms with van der Waals surface area (Å²) in [4.78, 5) is 23.2. The number of amides is 1. The van der Waals surface area contributed by atoms with Crippen LogP contribution in [-0.2, 0) is 4.79 Å². The van der Waals surface area contributed by atoms with Gasteiger partial charge in [-0.25, -0.2) is 10.1 Å². The number of carbonyl (C=O) groups is 1. The third-order valence-electron chi connectivity index (χ3n) is 3.56. The normalized spacial score (nSPS) is 11.3. The summed E-state index contributed by atoms with van der Waals surface area (Å²) in [6.07, 6.45) is 0. The largest absolute Gasteiger partial charge is 0.334 e. The van der Waals surface area contributed by atoms with E-state index in [9.17, 15) is 14.9 Å². The predicted octanol–water partition coefficient (Wildman–Crippen LogP) is 2.53. The Morgan fingerprint density at radius 1 is 1.34 bits per heavy atom. The van der Waals surface area contributed by atoms with Crippen LogP contribution in [0.3, 0.4) is 0 Å². The van der Waals surface area contributed by atoms with Crippen molar-refractivity contribution >= 4 is 52.0 Å². The molecule has 0 saturated heterocycles. The number of carbonyl (C=O) groups excluding carboxylic acids is 1. The number of thioether (sulfide) groups is 1. The molecule has 0 radical (unpaired) electrons. The Morgan fingerprint density at radius 2 is 2.10 bits per heavy atom. The quantitative estimate of drug-likeness (QED) is 0.161. The second kappa shape index (κ2) is 9.16. The van der Waals surface area contributed by atoms with Gasteiger partial charge in [0.05, 0.1) is 16.4 Å². The van der Waals surface area contributed by atoms with Crippen LogP contribution in [0.2, 0.25) is 0 Å². The van der Waals surface area contributed by atoms with E-state index in [1.807, 2.05) is 24.4 Å². The number of nitrogens with one attached hydrogen (secondary N) is 2. The highest BCUT2D eigenvalue weighted by Crippen LogP contribution is 2.19. The molecule has 13 heteroatoms. The lowest BCUT2D eigenvalue weighted by atomic mass is 10.3. The van der Waals surface area contributed by atoms with Crippen molar-refractivity contribution < 1.29 is 9.72 Å². The number of benzene rings is 1. The van der Waals surface area contributed by atoms with Gasteiger partial charge in [0, 0.05) is 22.7 Å². The summed E-state index contributed by atoms with van der Waals surface area (Å²) in [5.41, 5.74) is 3.94. The molecule has 150 valence electrons. The molecule has 0 fully saturated rings. The minimum atomic E-state index is -0.507. The maximum absolute atomic E-state index is 12.1. The number of nitrogens with two attached hydrogens (primary N) is 1. The fraction of sp³-hybridized carbons (Fsp3) is 0.125. The Morgan fingerprint density at radius 3 is 2.76 bits per heavy atom. The second-order valence-corrected chi connectivity index (χ2v) is 7.49. The highest BCUT2D eigenvalue weighted by atomic mass is 32.2. The molecule has 2 heterocycles. The van der Waals surface area contributed by atoms with Crippen LogP contribution in [0.4, 0.5) is 17.3 Å². The van der Waals surface area contributed by atoms with E-state index in [4.69, 9.17) is 5.84 Å². The first-order valence-electron chi connectivity index (χ1n) is 8.16. The van der Waals surface area contributed by atoms with E-state index in [0.717, 1.165) is 22.4 Å². The maximum atomic E-state index is 12.1. The zero-order chi connectivity index (χ0) is 20.8. The molecule has 11 nitrogen and oxygen atoms in total. The van der Waals surface area contributed by atoms with Gasteiger partial charge in [-0.2, -0.15) is 5.10 Å². The predicted molar refractivity (Wildman–Crippen MR) is 113 cm³/mol. The standard InChI is InChI=1S/C16H16N8O3S2/c1-10(13-3-2-8-28-13)19-20-15-21-22-16(23(15)17)29-9-14(25)18-11-4-6-12(7-5-11)24(26)27/h2-8H,9,17H2,1H3,(H,18,25)(H,20,21)/b19-10+. The third-order valence-corrected chi connectivity index (χ3v) is 5.48. The Balaban J connectivity index is 1.53. The van der Waals surface area contributed by atoms with Crippen LogP contribution in [0.5, 0.6) is 0 Å². The summed E-state index contributed by atoms with van der Waals surface area (Å²) in [5, 5.41) is 27.6. The van der Waals surface area contributed by atoms with Gasteiger partial charge in [-0.3, -0.25) is 14.9 Å². The summed E-state index contributed by atoms with van der Waals surface area (Å²) in [6, 6.07) is 9.43. The van der Waals surface area contributed by atoms with Gasteiger partial charge in [-0.05, 0) is 30.5 Å². The van der Waals surface area contributed by atoms with E-state index in [1.54, 1.807) is 11.3 Å². The summed E-state index contributed by atoms with van der Waals surface area (Å²) in [6.45, 7) is 1.86. The number of hydrogen-bond donors (Lipinski definition) is 3. The van der Waals surface area contributed by atoms with Gasteiger partial charge in [-0.1, -0.05) is 17.8 Å². The minimum Gasteiger partial charge on any atom is -0.334 e. The number of nitro benzene ring substituents is 1. The first-order valence-corrected chi connectivity index (χ1v) is 10.0. The van der Waals surface area contributed by atoms with E-state index in [2.05, 4.69) is 26.0 Å². The number of nitro groups is 1. The lowest BCUT2D eigenvalue weighted by molar-refractivity contribution is -0.384. The first kappa shape index (κ1) is 20.3. The van der Waals surface area contributed by atoms with Crippen LogP contribution >= 0.6 is 23.1 Å². The molecule has 0 bridgehead atoms. The van der Waals surface area contributed by atoms with E-state index in [0.29, 0.717) is 10.8 Å². The van der Waals surface area contributed by atoms with E-state index >= 15 is 0 Å². The van der Waals surface area contributed by atoms with Crippen molar-refractivity contribution in [1.82, 2.24) is 14.9 Å². The van der Waals surface area contributed by atoms with Crippen LogP contribution in [-0.4, -0.2) is 37.2 Å². The van der Waals surface area contributed by atoms with Crippen LogP contribution in [0.25, 0.3) is 0 Å². The van der Waals surface area contributed by atoms with Crippen molar-refractivity contribution in [3.63, 3.8) is 0 Å². The molecule has 3 rings (SSSR count). The van der Waals surface area contributed by atoms with E-state index < -0.39 is 4.92 Å². The molecule has 1 amide bonds. The second-order valence-electron chi connectivity index (χ2n) is 5.60. The average molecular weight is 432 g/mol. The van der Waals surface area contributed by atoms with Crippen LogP contribution in [0, 0.1) is 10.1 Å². The molecule has 4 N–H and O–H groups in total.